The first-order valence-electron chi connectivity index (χ1n) is 7.63. The number of halogens is 1. The molecule has 0 heterocycles. The lowest BCUT2D eigenvalue weighted by Gasteiger charge is -2.11. The summed E-state index contributed by atoms with van der Waals surface area (Å²) in [6.07, 6.45) is 1.51. The van der Waals surface area contributed by atoms with Gasteiger partial charge in [0, 0.05) is 17.3 Å². The highest BCUT2D eigenvalue weighted by Gasteiger charge is 2.45. The smallest absolute Gasteiger partial charge is 0.240 e. The Morgan fingerprint density at radius 1 is 1.25 bits per heavy atom. The highest BCUT2D eigenvalue weighted by Crippen LogP contribution is 2.32. The van der Waals surface area contributed by atoms with Crippen LogP contribution in [0.3, 0.4) is 0 Å². The molecule has 3 rings (SSSR count). The monoisotopic (exact) mass is 340 g/mol. The maximum Gasteiger partial charge on any atom is 0.240 e. The minimum Gasteiger partial charge on any atom is -0.354 e. The largest absolute Gasteiger partial charge is 0.354 e. The number of benzene rings is 2. The molecule has 2 aromatic carbocycles. The highest BCUT2D eigenvalue weighted by atomic mass is 35.5. The summed E-state index contributed by atoms with van der Waals surface area (Å²) in [4.78, 5) is 11.8. The summed E-state index contributed by atoms with van der Waals surface area (Å²) in [6, 6.07) is 14.9. The van der Waals surface area contributed by atoms with E-state index in [4.69, 9.17) is 22.6 Å². The van der Waals surface area contributed by atoms with E-state index in [9.17, 15) is 4.79 Å². The third-order valence-electron chi connectivity index (χ3n) is 4.03. The number of nitriles is 1. The van der Waals surface area contributed by atoms with Crippen molar-refractivity contribution in [3.05, 3.63) is 58.6 Å². The molecule has 0 unspecified atom stereocenters. The summed E-state index contributed by atoms with van der Waals surface area (Å²) in [5, 5.41) is 15.7. The Kier molecular flexibility index (Phi) is 4.43. The van der Waals surface area contributed by atoms with Gasteiger partial charge >= 0.3 is 0 Å². The standard InChI is InChI=1S/C18H17ClN4O/c19-14-3-6-16(13(9-14)10-20)23-15-4-1-12(2-5-15)11-22-17(24)18(21)7-8-18/h1-6,9,23H,7-8,11,21H2,(H,22,24). The topological polar surface area (TPSA) is 90.9 Å². The predicted molar refractivity (Wildman–Crippen MR) is 93.9 cm³/mol. The summed E-state index contributed by atoms with van der Waals surface area (Å²) in [7, 11) is 0. The molecule has 1 amide bonds. The molecule has 0 saturated heterocycles. The Morgan fingerprint density at radius 2 is 1.96 bits per heavy atom. The Bertz CT molecular complexity index is 807. The molecular weight excluding hydrogens is 324 g/mol. The minimum atomic E-state index is -0.649. The summed E-state index contributed by atoms with van der Waals surface area (Å²) < 4.78 is 0. The van der Waals surface area contributed by atoms with E-state index in [0.717, 1.165) is 24.1 Å². The molecule has 0 aromatic heterocycles. The van der Waals surface area contributed by atoms with Crippen molar-refractivity contribution in [1.82, 2.24) is 5.32 Å². The van der Waals surface area contributed by atoms with Gasteiger partial charge in [0.25, 0.3) is 0 Å². The number of nitrogens with one attached hydrogen (secondary N) is 2. The van der Waals surface area contributed by atoms with E-state index >= 15 is 0 Å². The van der Waals surface area contributed by atoms with Crippen LogP contribution in [0.15, 0.2) is 42.5 Å². The van der Waals surface area contributed by atoms with Gasteiger partial charge in [-0.25, -0.2) is 0 Å². The van der Waals surface area contributed by atoms with Crippen molar-refractivity contribution in [2.45, 2.75) is 24.9 Å². The Morgan fingerprint density at radius 3 is 2.58 bits per heavy atom. The Labute approximate surface area is 145 Å². The maximum atomic E-state index is 11.8. The fourth-order valence-corrected chi connectivity index (χ4v) is 2.47. The molecule has 122 valence electrons. The molecule has 24 heavy (non-hydrogen) atoms. The van der Waals surface area contributed by atoms with Crippen molar-refractivity contribution in [3.63, 3.8) is 0 Å². The number of carbonyl (C=O) groups is 1. The van der Waals surface area contributed by atoms with Crippen LogP contribution < -0.4 is 16.4 Å². The lowest BCUT2D eigenvalue weighted by molar-refractivity contribution is -0.123. The van der Waals surface area contributed by atoms with Gasteiger partial charge in [-0.05, 0) is 48.7 Å². The van der Waals surface area contributed by atoms with E-state index in [1.807, 2.05) is 24.3 Å². The first kappa shape index (κ1) is 16.3. The van der Waals surface area contributed by atoms with Gasteiger partial charge in [-0.2, -0.15) is 5.26 Å². The molecule has 1 aliphatic rings. The number of anilines is 2. The molecule has 5 nitrogen and oxygen atoms in total. The molecule has 6 heteroatoms. The number of nitrogens with two attached hydrogens (primary N) is 1. The van der Waals surface area contributed by atoms with E-state index in [0.29, 0.717) is 22.8 Å². The van der Waals surface area contributed by atoms with E-state index in [1.165, 1.54) is 0 Å². The van der Waals surface area contributed by atoms with Gasteiger partial charge in [0.2, 0.25) is 5.91 Å². The van der Waals surface area contributed by atoms with Crippen LogP contribution in [-0.4, -0.2) is 11.4 Å². The van der Waals surface area contributed by atoms with Gasteiger partial charge in [-0.15, -0.1) is 0 Å². The summed E-state index contributed by atoms with van der Waals surface area (Å²) >= 11 is 5.89. The van der Waals surface area contributed by atoms with Crippen LogP contribution in [0, 0.1) is 11.3 Å². The van der Waals surface area contributed by atoms with E-state index < -0.39 is 5.54 Å². The van der Waals surface area contributed by atoms with Crippen LogP contribution in [0.2, 0.25) is 5.02 Å². The fourth-order valence-electron chi connectivity index (χ4n) is 2.30. The quantitative estimate of drug-likeness (QED) is 0.780. The molecule has 0 spiro atoms. The van der Waals surface area contributed by atoms with Gasteiger partial charge < -0.3 is 16.4 Å². The lowest BCUT2D eigenvalue weighted by Crippen LogP contribution is -2.42. The van der Waals surface area contributed by atoms with Crippen molar-refractivity contribution in [2.24, 2.45) is 5.73 Å². The van der Waals surface area contributed by atoms with Crippen LogP contribution in [0.5, 0.6) is 0 Å². The number of hydrogen-bond acceptors (Lipinski definition) is 4. The van der Waals surface area contributed by atoms with Crippen LogP contribution >= 0.6 is 11.6 Å². The number of nitrogens with zero attached hydrogens (tertiary/aromatic N) is 1. The van der Waals surface area contributed by atoms with Crippen LogP contribution in [0.25, 0.3) is 0 Å². The molecule has 0 bridgehead atoms. The van der Waals surface area contributed by atoms with Crippen molar-refractivity contribution in [2.75, 3.05) is 5.32 Å². The number of rotatable bonds is 5. The minimum absolute atomic E-state index is 0.0930. The molecule has 4 N–H and O–H groups in total. The maximum absolute atomic E-state index is 11.8. The van der Waals surface area contributed by atoms with Gasteiger partial charge in [0.05, 0.1) is 16.8 Å². The molecule has 0 aliphatic heterocycles. The van der Waals surface area contributed by atoms with Gasteiger partial charge in [0.15, 0.2) is 0 Å². The van der Waals surface area contributed by atoms with Crippen molar-refractivity contribution in [1.29, 1.82) is 5.26 Å². The van der Waals surface area contributed by atoms with E-state index in [1.54, 1.807) is 18.2 Å². The third-order valence-corrected chi connectivity index (χ3v) is 4.26. The SMILES string of the molecule is N#Cc1cc(Cl)ccc1Nc1ccc(CNC(=O)C2(N)CC2)cc1. The van der Waals surface area contributed by atoms with Gasteiger partial charge in [-0.3, -0.25) is 4.79 Å². The molecule has 1 aliphatic carbocycles. The van der Waals surface area contributed by atoms with E-state index in [-0.39, 0.29) is 5.91 Å². The molecule has 1 fully saturated rings. The summed E-state index contributed by atoms with van der Waals surface area (Å²) in [5.41, 5.74) is 8.20. The first-order chi connectivity index (χ1) is 11.5. The predicted octanol–water partition coefficient (Wildman–Crippen LogP) is 3.06. The van der Waals surface area contributed by atoms with Crippen LogP contribution in [-0.2, 0) is 11.3 Å². The summed E-state index contributed by atoms with van der Waals surface area (Å²) in [6.45, 7) is 0.447. The number of amides is 1. The first-order valence-corrected chi connectivity index (χ1v) is 8.01. The Hall–Kier alpha value is -2.55. The molecule has 0 atom stereocenters. The normalized spacial score (nSPS) is 14.5. The molecule has 0 radical (unpaired) electrons. The van der Waals surface area contributed by atoms with Crippen LogP contribution in [0.1, 0.15) is 24.0 Å². The van der Waals surface area contributed by atoms with Crippen molar-refractivity contribution in [3.8, 4) is 6.07 Å². The fraction of sp³-hybridized carbons (Fsp3) is 0.222. The third kappa shape index (κ3) is 3.67. The molecule has 2 aromatic rings. The average molecular weight is 341 g/mol. The Balaban J connectivity index is 1.62. The second-order valence-corrected chi connectivity index (χ2v) is 6.40. The van der Waals surface area contributed by atoms with Crippen LogP contribution in [0.4, 0.5) is 11.4 Å². The number of hydrogen-bond donors (Lipinski definition) is 3. The van der Waals surface area contributed by atoms with E-state index in [2.05, 4.69) is 16.7 Å². The highest BCUT2D eigenvalue weighted by molar-refractivity contribution is 6.30. The average Bonchev–Trinajstić information content (AvgIpc) is 3.34. The summed E-state index contributed by atoms with van der Waals surface area (Å²) in [5.74, 6) is -0.0930. The molecular formula is C18H17ClN4O. The zero-order valence-electron chi connectivity index (χ0n) is 13.0. The number of carbonyl (C=O) groups excluding carboxylic acids is 1. The lowest BCUT2D eigenvalue weighted by atomic mass is 10.1. The van der Waals surface area contributed by atoms with Crippen molar-refractivity contribution >= 4 is 28.9 Å². The zero-order chi connectivity index (χ0) is 17.2. The van der Waals surface area contributed by atoms with Gasteiger partial charge in [0.1, 0.15) is 6.07 Å². The zero-order valence-corrected chi connectivity index (χ0v) is 13.7. The second-order valence-electron chi connectivity index (χ2n) is 5.96. The molecule has 1 saturated carbocycles. The van der Waals surface area contributed by atoms with Gasteiger partial charge in [-0.1, -0.05) is 23.7 Å². The second kappa shape index (κ2) is 6.52. The van der Waals surface area contributed by atoms with Crippen molar-refractivity contribution < 1.29 is 4.79 Å².